The molecule has 3 aromatic heterocycles. The molecule has 0 aromatic carbocycles. The molecular formula is C16H16N2O2S. The first-order valence-electron chi connectivity index (χ1n) is 6.74. The number of fused-ring (bicyclic) bond motifs is 1. The third kappa shape index (κ3) is 2.56. The molecule has 0 aliphatic heterocycles. The molecule has 21 heavy (non-hydrogen) atoms. The van der Waals surface area contributed by atoms with E-state index < -0.39 is 0 Å². The van der Waals surface area contributed by atoms with Crippen molar-refractivity contribution in [1.82, 2.24) is 9.88 Å². The summed E-state index contributed by atoms with van der Waals surface area (Å²) in [5, 5.41) is 2.01. The fourth-order valence-corrected chi connectivity index (χ4v) is 3.03. The van der Waals surface area contributed by atoms with E-state index in [2.05, 4.69) is 4.98 Å². The average Bonchev–Trinajstić information content (AvgIpc) is 3.13. The summed E-state index contributed by atoms with van der Waals surface area (Å²) in [6.45, 7) is 3.92. The number of furan rings is 1. The van der Waals surface area contributed by atoms with Gasteiger partial charge in [0.25, 0.3) is 5.91 Å². The summed E-state index contributed by atoms with van der Waals surface area (Å²) in [6.07, 6.45) is 0. The molecule has 0 N–H and O–H groups in total. The number of carbonyl (C=O) groups excluding carboxylic acids is 1. The lowest BCUT2D eigenvalue weighted by atomic mass is 10.2. The molecule has 5 heteroatoms. The molecule has 3 aromatic rings. The van der Waals surface area contributed by atoms with E-state index in [9.17, 15) is 4.79 Å². The molecule has 0 bridgehead atoms. The lowest BCUT2D eigenvalue weighted by Crippen LogP contribution is -2.28. The van der Waals surface area contributed by atoms with Gasteiger partial charge in [-0.15, -0.1) is 11.3 Å². The van der Waals surface area contributed by atoms with E-state index in [1.54, 1.807) is 29.4 Å². The van der Waals surface area contributed by atoms with Crippen molar-refractivity contribution in [3.05, 3.63) is 52.0 Å². The predicted molar refractivity (Wildman–Crippen MR) is 83.6 cm³/mol. The summed E-state index contributed by atoms with van der Waals surface area (Å²) < 4.78 is 5.62. The summed E-state index contributed by atoms with van der Waals surface area (Å²) >= 11 is 1.64. The standard InChI is InChI=1S/C16H16N2O2S/c1-10-6-7-13-12(17-10)9-14(20-13)16(19)18(3)11(2)15-5-4-8-21-15/h4-9,11H,1-3H3. The van der Waals surface area contributed by atoms with Gasteiger partial charge in [-0.25, -0.2) is 4.98 Å². The maximum Gasteiger partial charge on any atom is 0.289 e. The molecule has 4 nitrogen and oxygen atoms in total. The smallest absolute Gasteiger partial charge is 0.289 e. The van der Waals surface area contributed by atoms with Crippen LogP contribution in [0.25, 0.3) is 11.1 Å². The Labute approximate surface area is 127 Å². The number of pyridine rings is 1. The third-order valence-electron chi connectivity index (χ3n) is 3.58. The van der Waals surface area contributed by atoms with E-state index in [-0.39, 0.29) is 11.9 Å². The van der Waals surface area contributed by atoms with Crippen LogP contribution in [0.3, 0.4) is 0 Å². The Bertz CT molecular complexity index is 777. The van der Waals surface area contributed by atoms with E-state index in [0.717, 1.165) is 16.1 Å². The topological polar surface area (TPSA) is 46.3 Å². The highest BCUT2D eigenvalue weighted by molar-refractivity contribution is 7.10. The van der Waals surface area contributed by atoms with Crippen LogP contribution in [-0.2, 0) is 0 Å². The molecule has 1 amide bonds. The molecule has 1 atom stereocenters. The van der Waals surface area contributed by atoms with Crippen LogP contribution in [0.1, 0.15) is 34.1 Å². The Hall–Kier alpha value is -2.14. The second kappa shape index (κ2) is 5.33. The van der Waals surface area contributed by atoms with Gasteiger partial charge in [-0.3, -0.25) is 4.79 Å². The molecule has 0 radical (unpaired) electrons. The molecule has 0 fully saturated rings. The van der Waals surface area contributed by atoms with Crippen LogP contribution in [0.5, 0.6) is 0 Å². The maximum atomic E-state index is 12.5. The Morgan fingerprint density at radius 3 is 2.90 bits per heavy atom. The molecule has 3 rings (SSSR count). The van der Waals surface area contributed by atoms with Crippen LogP contribution in [0, 0.1) is 6.92 Å². The molecule has 108 valence electrons. The van der Waals surface area contributed by atoms with Gasteiger partial charge in [0.05, 0.1) is 6.04 Å². The zero-order chi connectivity index (χ0) is 15.0. The summed E-state index contributed by atoms with van der Waals surface area (Å²) in [5.74, 6) is 0.195. The van der Waals surface area contributed by atoms with E-state index in [4.69, 9.17) is 4.42 Å². The number of nitrogens with zero attached hydrogens (tertiary/aromatic N) is 2. The minimum absolute atomic E-state index is 0.0143. The molecule has 0 aliphatic carbocycles. The minimum atomic E-state index is -0.133. The van der Waals surface area contributed by atoms with Crippen molar-refractivity contribution in [3.63, 3.8) is 0 Å². The van der Waals surface area contributed by atoms with Crippen molar-refractivity contribution in [2.24, 2.45) is 0 Å². The predicted octanol–water partition coefficient (Wildman–Crippen LogP) is 4.03. The number of amides is 1. The molecule has 1 unspecified atom stereocenters. The normalized spacial score (nSPS) is 12.5. The van der Waals surface area contributed by atoms with Crippen molar-refractivity contribution < 1.29 is 9.21 Å². The summed E-state index contributed by atoms with van der Waals surface area (Å²) in [5.41, 5.74) is 2.26. The van der Waals surface area contributed by atoms with E-state index in [1.807, 2.05) is 43.5 Å². The fraction of sp³-hybridized carbons (Fsp3) is 0.250. The highest BCUT2D eigenvalue weighted by atomic mass is 32.1. The van der Waals surface area contributed by atoms with Crippen LogP contribution >= 0.6 is 11.3 Å². The van der Waals surface area contributed by atoms with Crippen molar-refractivity contribution in [2.75, 3.05) is 7.05 Å². The maximum absolute atomic E-state index is 12.5. The molecule has 0 saturated carbocycles. The first-order chi connectivity index (χ1) is 10.1. The van der Waals surface area contributed by atoms with Crippen LogP contribution in [-0.4, -0.2) is 22.8 Å². The molecule has 3 heterocycles. The Morgan fingerprint density at radius 1 is 1.38 bits per heavy atom. The van der Waals surface area contributed by atoms with Crippen molar-refractivity contribution in [1.29, 1.82) is 0 Å². The first-order valence-corrected chi connectivity index (χ1v) is 7.62. The molecule has 0 spiro atoms. The zero-order valence-corrected chi connectivity index (χ0v) is 13.0. The number of hydrogen-bond donors (Lipinski definition) is 0. The van der Waals surface area contributed by atoms with E-state index in [1.165, 1.54) is 0 Å². The van der Waals surface area contributed by atoms with Gasteiger partial charge in [-0.1, -0.05) is 6.07 Å². The number of thiophene rings is 1. The van der Waals surface area contributed by atoms with Crippen molar-refractivity contribution >= 4 is 28.3 Å². The largest absolute Gasteiger partial charge is 0.449 e. The van der Waals surface area contributed by atoms with Crippen LogP contribution in [0.4, 0.5) is 0 Å². The second-order valence-corrected chi connectivity index (χ2v) is 6.03. The van der Waals surface area contributed by atoms with Crippen LogP contribution in [0.2, 0.25) is 0 Å². The molecular weight excluding hydrogens is 284 g/mol. The first kappa shape index (κ1) is 13.8. The molecule has 0 aliphatic rings. The summed E-state index contributed by atoms with van der Waals surface area (Å²) in [7, 11) is 1.79. The van der Waals surface area contributed by atoms with Gasteiger partial charge in [0.15, 0.2) is 11.3 Å². The quantitative estimate of drug-likeness (QED) is 0.733. The Balaban J connectivity index is 1.89. The van der Waals surface area contributed by atoms with Gasteiger partial charge in [-0.05, 0) is 37.4 Å². The van der Waals surface area contributed by atoms with Gasteiger partial charge >= 0.3 is 0 Å². The van der Waals surface area contributed by atoms with Gasteiger partial charge in [0, 0.05) is 23.7 Å². The van der Waals surface area contributed by atoms with E-state index >= 15 is 0 Å². The lowest BCUT2D eigenvalue weighted by Gasteiger charge is -2.22. The summed E-state index contributed by atoms with van der Waals surface area (Å²) in [4.78, 5) is 19.8. The van der Waals surface area contributed by atoms with Gasteiger partial charge < -0.3 is 9.32 Å². The van der Waals surface area contributed by atoms with Crippen LogP contribution in [0.15, 0.2) is 40.1 Å². The van der Waals surface area contributed by atoms with Crippen molar-refractivity contribution in [3.8, 4) is 0 Å². The van der Waals surface area contributed by atoms with Gasteiger partial charge in [0.2, 0.25) is 0 Å². The van der Waals surface area contributed by atoms with Crippen LogP contribution < -0.4 is 0 Å². The van der Waals surface area contributed by atoms with Gasteiger partial charge in [-0.2, -0.15) is 0 Å². The number of hydrogen-bond acceptors (Lipinski definition) is 4. The monoisotopic (exact) mass is 300 g/mol. The SMILES string of the molecule is Cc1ccc2oc(C(=O)N(C)C(C)c3cccs3)cc2n1. The average molecular weight is 300 g/mol. The minimum Gasteiger partial charge on any atom is -0.449 e. The Kier molecular flexibility index (Phi) is 3.51. The highest BCUT2D eigenvalue weighted by Gasteiger charge is 2.22. The third-order valence-corrected chi connectivity index (χ3v) is 4.62. The van der Waals surface area contributed by atoms with Crippen molar-refractivity contribution in [2.45, 2.75) is 19.9 Å². The van der Waals surface area contributed by atoms with E-state index in [0.29, 0.717) is 11.3 Å². The second-order valence-electron chi connectivity index (χ2n) is 5.05. The highest BCUT2D eigenvalue weighted by Crippen LogP contribution is 2.26. The number of aromatic nitrogens is 1. The zero-order valence-electron chi connectivity index (χ0n) is 12.2. The Morgan fingerprint density at radius 2 is 2.19 bits per heavy atom. The molecule has 0 saturated heterocycles. The summed E-state index contributed by atoms with van der Waals surface area (Å²) in [6, 6.07) is 9.46. The lowest BCUT2D eigenvalue weighted by molar-refractivity contribution is 0.0715. The number of carbonyl (C=O) groups is 1. The fourth-order valence-electron chi connectivity index (χ4n) is 2.20. The number of aryl methyl sites for hydroxylation is 1. The number of rotatable bonds is 3. The van der Waals surface area contributed by atoms with Gasteiger partial charge in [0.1, 0.15) is 5.52 Å².